The van der Waals surface area contributed by atoms with Gasteiger partial charge in [0.2, 0.25) is 0 Å². The first-order valence-electron chi connectivity index (χ1n) is 9.60. The van der Waals surface area contributed by atoms with E-state index >= 15 is 0 Å². The smallest absolute Gasteiger partial charge is 0.159 e. The minimum absolute atomic E-state index is 0.869. The van der Waals surface area contributed by atoms with Crippen LogP contribution in [0.4, 0.5) is 17.3 Å². The third kappa shape index (κ3) is 4.05. The number of anilines is 3. The van der Waals surface area contributed by atoms with Gasteiger partial charge >= 0.3 is 0 Å². The number of benzene rings is 1. The van der Waals surface area contributed by atoms with Crippen molar-refractivity contribution in [2.24, 2.45) is 0 Å². The summed E-state index contributed by atoms with van der Waals surface area (Å²) in [5.74, 6) is 2.03. The van der Waals surface area contributed by atoms with Crippen molar-refractivity contribution in [3.8, 4) is 0 Å². The highest BCUT2D eigenvalue weighted by molar-refractivity contribution is 7.98. The van der Waals surface area contributed by atoms with Crippen LogP contribution in [0.1, 0.15) is 37.8 Å². The van der Waals surface area contributed by atoms with Crippen molar-refractivity contribution in [1.82, 2.24) is 14.6 Å². The first-order chi connectivity index (χ1) is 13.1. The van der Waals surface area contributed by atoms with Gasteiger partial charge in [-0.3, -0.25) is 0 Å². The molecule has 0 aliphatic carbocycles. The summed E-state index contributed by atoms with van der Waals surface area (Å²) in [6.45, 7) is 10.7. The summed E-state index contributed by atoms with van der Waals surface area (Å²) in [6, 6.07) is 8.45. The molecule has 0 unspecified atom stereocenters. The van der Waals surface area contributed by atoms with Crippen LogP contribution in [0.25, 0.3) is 5.65 Å². The summed E-state index contributed by atoms with van der Waals surface area (Å²) in [4.78, 5) is 8.49. The van der Waals surface area contributed by atoms with Crippen LogP contribution < -0.4 is 10.2 Å². The van der Waals surface area contributed by atoms with E-state index < -0.39 is 0 Å². The molecule has 0 saturated heterocycles. The maximum Gasteiger partial charge on any atom is 0.159 e. The van der Waals surface area contributed by atoms with Gasteiger partial charge in [-0.15, -0.1) is 11.8 Å². The molecule has 0 amide bonds. The van der Waals surface area contributed by atoms with Crippen LogP contribution in [0.2, 0.25) is 0 Å². The molecule has 0 spiro atoms. The molecule has 5 nitrogen and oxygen atoms in total. The van der Waals surface area contributed by atoms with Gasteiger partial charge in [-0.2, -0.15) is 9.61 Å². The van der Waals surface area contributed by atoms with Crippen molar-refractivity contribution in [3.05, 3.63) is 41.6 Å². The molecule has 2 heterocycles. The molecule has 0 atom stereocenters. The second kappa shape index (κ2) is 8.65. The first kappa shape index (κ1) is 19.5. The normalized spacial score (nSPS) is 11.1. The molecule has 6 heteroatoms. The lowest BCUT2D eigenvalue weighted by Gasteiger charge is -2.27. The average Bonchev–Trinajstić information content (AvgIpc) is 3.11. The van der Waals surface area contributed by atoms with E-state index in [1.165, 1.54) is 10.5 Å². The Labute approximate surface area is 166 Å². The maximum absolute atomic E-state index is 4.84. The Morgan fingerprint density at radius 1 is 1.11 bits per heavy atom. The van der Waals surface area contributed by atoms with E-state index in [-0.39, 0.29) is 0 Å². The fourth-order valence-electron chi connectivity index (χ4n) is 3.39. The minimum atomic E-state index is 0.869. The molecule has 2 aromatic heterocycles. The molecule has 0 fully saturated rings. The number of aromatic nitrogens is 3. The highest BCUT2D eigenvalue weighted by Crippen LogP contribution is 2.33. The van der Waals surface area contributed by atoms with Crippen molar-refractivity contribution in [1.29, 1.82) is 0 Å². The zero-order valence-electron chi connectivity index (χ0n) is 16.9. The number of nitrogens with one attached hydrogen (secondary N) is 1. The van der Waals surface area contributed by atoms with Gasteiger partial charge in [0.05, 0.1) is 11.9 Å². The quantitative estimate of drug-likeness (QED) is 0.525. The number of aryl methyl sites for hydroxylation is 1. The monoisotopic (exact) mass is 383 g/mol. The van der Waals surface area contributed by atoms with E-state index in [1.807, 2.05) is 16.8 Å². The largest absolute Gasteiger partial charge is 0.356 e. The van der Waals surface area contributed by atoms with E-state index in [1.54, 1.807) is 11.8 Å². The van der Waals surface area contributed by atoms with Crippen molar-refractivity contribution < 1.29 is 0 Å². The lowest BCUT2D eigenvalue weighted by Crippen LogP contribution is -2.28. The highest BCUT2D eigenvalue weighted by atomic mass is 32.2. The van der Waals surface area contributed by atoms with Crippen molar-refractivity contribution in [2.75, 3.05) is 29.6 Å². The summed E-state index contributed by atoms with van der Waals surface area (Å²) in [5, 5.41) is 8.12. The molecule has 1 aromatic carbocycles. The van der Waals surface area contributed by atoms with Crippen LogP contribution >= 0.6 is 11.8 Å². The first-order valence-corrected chi connectivity index (χ1v) is 10.8. The van der Waals surface area contributed by atoms with Crippen molar-refractivity contribution in [3.63, 3.8) is 0 Å². The predicted octanol–water partition coefficient (Wildman–Crippen LogP) is 5.44. The zero-order valence-corrected chi connectivity index (χ0v) is 17.7. The predicted molar refractivity (Wildman–Crippen MR) is 117 cm³/mol. The molecule has 0 radical (unpaired) electrons. The Morgan fingerprint density at radius 2 is 1.85 bits per heavy atom. The van der Waals surface area contributed by atoms with Crippen LogP contribution in [0.5, 0.6) is 0 Å². The summed E-state index contributed by atoms with van der Waals surface area (Å²) >= 11 is 1.75. The summed E-state index contributed by atoms with van der Waals surface area (Å²) in [7, 11) is 0. The molecule has 3 rings (SSSR count). The fourth-order valence-corrected chi connectivity index (χ4v) is 4.04. The average molecular weight is 384 g/mol. The molecule has 3 aromatic rings. The second-order valence-electron chi connectivity index (χ2n) is 6.83. The van der Waals surface area contributed by atoms with Gasteiger partial charge in [0.15, 0.2) is 5.65 Å². The van der Waals surface area contributed by atoms with Gasteiger partial charge in [-0.1, -0.05) is 19.9 Å². The van der Waals surface area contributed by atoms with Crippen molar-refractivity contribution in [2.45, 2.75) is 45.4 Å². The topological polar surface area (TPSA) is 45.5 Å². The van der Waals surface area contributed by atoms with E-state index in [0.29, 0.717) is 0 Å². The Balaban J connectivity index is 2.10. The lowest BCUT2D eigenvalue weighted by molar-refractivity contribution is 0.712. The lowest BCUT2D eigenvalue weighted by atomic mass is 10.2. The fraction of sp³-hybridized carbons (Fsp3) is 0.429. The van der Waals surface area contributed by atoms with Gasteiger partial charge in [-0.25, -0.2) is 4.98 Å². The van der Waals surface area contributed by atoms with Gasteiger partial charge in [-0.05, 0) is 50.6 Å². The molecule has 0 aliphatic heterocycles. The summed E-state index contributed by atoms with van der Waals surface area (Å²) in [5.41, 5.74) is 4.35. The molecule has 27 heavy (non-hydrogen) atoms. The number of hydrogen-bond donors (Lipinski definition) is 1. The molecule has 144 valence electrons. The molecule has 0 bridgehead atoms. The van der Waals surface area contributed by atoms with E-state index in [2.05, 4.69) is 67.5 Å². The molecule has 1 N–H and O–H groups in total. The van der Waals surface area contributed by atoms with E-state index in [0.717, 1.165) is 54.5 Å². The third-order valence-electron chi connectivity index (χ3n) is 4.64. The Morgan fingerprint density at radius 3 is 2.52 bits per heavy atom. The third-order valence-corrected chi connectivity index (χ3v) is 5.41. The van der Waals surface area contributed by atoms with Gasteiger partial charge in [0.1, 0.15) is 11.6 Å². The summed E-state index contributed by atoms with van der Waals surface area (Å²) in [6.07, 6.45) is 6.13. The van der Waals surface area contributed by atoms with Crippen LogP contribution in [-0.2, 0) is 0 Å². The van der Waals surface area contributed by atoms with Crippen LogP contribution in [0.3, 0.4) is 0 Å². The molecular weight excluding hydrogens is 354 g/mol. The Bertz CT molecular complexity index is 912. The van der Waals surface area contributed by atoms with Crippen molar-refractivity contribution >= 4 is 34.7 Å². The number of hydrogen-bond acceptors (Lipinski definition) is 5. The van der Waals surface area contributed by atoms with Crippen LogP contribution in [0.15, 0.2) is 35.4 Å². The number of rotatable bonds is 8. The Kier molecular flexibility index (Phi) is 6.26. The van der Waals surface area contributed by atoms with Gasteiger partial charge in [0.25, 0.3) is 0 Å². The minimum Gasteiger partial charge on any atom is -0.356 e. The van der Waals surface area contributed by atoms with Crippen LogP contribution in [0, 0.1) is 13.8 Å². The zero-order chi connectivity index (χ0) is 19.4. The number of thioether (sulfide) groups is 1. The second-order valence-corrected chi connectivity index (χ2v) is 7.67. The SMILES string of the molecule is CCCN(CCC)c1c(C)c(Nc2ccc(C)cc2SC)nc2ccnn12. The van der Waals surface area contributed by atoms with E-state index in [9.17, 15) is 0 Å². The Hall–Kier alpha value is -2.21. The van der Waals surface area contributed by atoms with Gasteiger partial charge < -0.3 is 10.2 Å². The number of fused-ring (bicyclic) bond motifs is 1. The van der Waals surface area contributed by atoms with E-state index in [4.69, 9.17) is 4.98 Å². The van der Waals surface area contributed by atoms with Crippen LogP contribution in [-0.4, -0.2) is 33.9 Å². The summed E-state index contributed by atoms with van der Waals surface area (Å²) < 4.78 is 1.97. The molecule has 0 aliphatic rings. The number of nitrogens with zero attached hydrogens (tertiary/aromatic N) is 4. The molecular formula is C21H29N5S. The van der Waals surface area contributed by atoms with Gasteiger partial charge in [0, 0.05) is 29.6 Å². The molecule has 0 saturated carbocycles. The maximum atomic E-state index is 4.84. The highest BCUT2D eigenvalue weighted by Gasteiger charge is 2.18. The standard InChI is InChI=1S/C21H29N5S/c1-6-12-25(13-7-2)21-16(4)20(24-19-10-11-22-26(19)21)23-17-9-8-15(3)14-18(17)27-5/h8-11,14H,6-7,12-13H2,1-5H3,(H,23,24).